The number of halogens is 2. The third kappa shape index (κ3) is 7.29. The minimum Gasteiger partial charge on any atom is -0.490 e. The summed E-state index contributed by atoms with van der Waals surface area (Å²) in [6.07, 6.45) is 1.90. The second kappa shape index (κ2) is 13.8. The van der Waals surface area contributed by atoms with Gasteiger partial charge < -0.3 is 15.8 Å². The van der Waals surface area contributed by atoms with Crippen molar-refractivity contribution in [3.05, 3.63) is 106 Å². The van der Waals surface area contributed by atoms with Gasteiger partial charge in [0.1, 0.15) is 17.7 Å². The molecule has 0 spiro atoms. The molecule has 1 aliphatic heterocycles. The molecular formula is C29H31Cl2N5O5S. The Hall–Kier alpha value is -3.90. The summed E-state index contributed by atoms with van der Waals surface area (Å²) in [6, 6.07) is 22.8. The zero-order valence-electron chi connectivity index (χ0n) is 22.4. The highest BCUT2D eigenvalue weighted by Crippen LogP contribution is 2.30. The molecular weight excluding hydrogens is 601 g/mol. The van der Waals surface area contributed by atoms with Gasteiger partial charge in [-0.3, -0.25) is 19.8 Å². The minimum atomic E-state index is -4.10. The largest absolute Gasteiger partial charge is 0.490 e. The topological polar surface area (TPSA) is 152 Å². The number of ether oxygens (including phenoxy) is 1. The van der Waals surface area contributed by atoms with Crippen molar-refractivity contribution in [1.82, 2.24) is 5.32 Å². The predicted molar refractivity (Wildman–Crippen MR) is 169 cm³/mol. The van der Waals surface area contributed by atoms with Crippen LogP contribution < -0.4 is 20.1 Å². The smallest absolute Gasteiger partial charge is 0.269 e. The van der Waals surface area contributed by atoms with Crippen LogP contribution in [-0.4, -0.2) is 38.4 Å². The number of nitro groups is 1. The molecule has 0 radical (unpaired) electrons. The van der Waals surface area contributed by atoms with Crippen LogP contribution in [0.1, 0.15) is 24.0 Å². The fourth-order valence-corrected chi connectivity index (χ4v) is 6.16. The maximum absolute atomic E-state index is 13.9. The highest BCUT2D eigenvalue weighted by molar-refractivity contribution is 7.92. The molecule has 4 aromatic carbocycles. The molecule has 0 saturated carbocycles. The average molecular weight is 633 g/mol. The van der Waals surface area contributed by atoms with E-state index in [0.29, 0.717) is 22.6 Å². The number of nitrogens with one attached hydrogen (secondary N) is 2. The zero-order valence-corrected chi connectivity index (χ0v) is 24.9. The van der Waals surface area contributed by atoms with Crippen LogP contribution in [0.4, 0.5) is 11.4 Å². The number of nitrogen functional groups attached to an aromatic ring is 1. The molecule has 5 rings (SSSR count). The summed E-state index contributed by atoms with van der Waals surface area (Å²) in [5.74, 6) is 0.604. The number of benzene rings is 4. The first-order chi connectivity index (χ1) is 19.2. The van der Waals surface area contributed by atoms with E-state index in [9.17, 15) is 18.5 Å². The van der Waals surface area contributed by atoms with Crippen molar-refractivity contribution in [1.29, 1.82) is 5.41 Å². The summed E-state index contributed by atoms with van der Waals surface area (Å²) in [7, 11) is -4.10. The Morgan fingerprint density at radius 1 is 0.952 bits per heavy atom. The van der Waals surface area contributed by atoms with Gasteiger partial charge in [0.2, 0.25) is 0 Å². The molecule has 1 aliphatic rings. The van der Waals surface area contributed by atoms with E-state index in [1.54, 1.807) is 36.4 Å². The lowest BCUT2D eigenvalue weighted by Gasteiger charge is -2.26. The van der Waals surface area contributed by atoms with E-state index in [1.165, 1.54) is 28.6 Å². The van der Waals surface area contributed by atoms with Crippen molar-refractivity contribution < 1.29 is 18.1 Å². The molecule has 0 atom stereocenters. The van der Waals surface area contributed by atoms with Gasteiger partial charge in [-0.25, -0.2) is 8.42 Å². The maximum Gasteiger partial charge on any atom is 0.269 e. The fourth-order valence-electron chi connectivity index (χ4n) is 4.71. The second-order valence-electron chi connectivity index (χ2n) is 9.63. The average Bonchev–Trinajstić information content (AvgIpc) is 2.96. The van der Waals surface area contributed by atoms with Gasteiger partial charge in [0.15, 0.2) is 0 Å². The number of fused-ring (bicyclic) bond motifs is 1. The summed E-state index contributed by atoms with van der Waals surface area (Å²) in [5.41, 5.74) is 7.18. The molecule has 10 nitrogen and oxygen atoms in total. The van der Waals surface area contributed by atoms with Gasteiger partial charge in [-0.15, -0.1) is 24.8 Å². The number of sulfonamides is 1. The van der Waals surface area contributed by atoms with Gasteiger partial charge in [0, 0.05) is 17.7 Å². The number of amidine groups is 1. The van der Waals surface area contributed by atoms with Gasteiger partial charge in [0.25, 0.3) is 15.7 Å². The SMILES string of the molecule is Cl.Cl.N=C(N)c1ccc2ccc(CN(c3ccc(OC4CCNCC4)cc3)S(=O)(=O)c3ccc([N+](=O)[O-])cc3)cc2c1. The van der Waals surface area contributed by atoms with Crippen LogP contribution in [0.15, 0.2) is 89.8 Å². The maximum atomic E-state index is 13.9. The number of nitrogens with zero attached hydrogens (tertiary/aromatic N) is 2. The van der Waals surface area contributed by atoms with Crippen LogP contribution in [0.25, 0.3) is 10.8 Å². The molecule has 42 heavy (non-hydrogen) atoms. The number of hydrogen-bond donors (Lipinski definition) is 3. The Labute approximate surface area is 256 Å². The first-order valence-corrected chi connectivity index (χ1v) is 14.3. The molecule has 0 amide bonds. The number of nitrogens with two attached hydrogens (primary N) is 1. The molecule has 1 saturated heterocycles. The first-order valence-electron chi connectivity index (χ1n) is 12.8. The summed E-state index contributed by atoms with van der Waals surface area (Å²) in [5, 5.41) is 23.9. The fraction of sp³-hybridized carbons (Fsp3) is 0.207. The third-order valence-electron chi connectivity index (χ3n) is 6.89. The van der Waals surface area contributed by atoms with Crippen LogP contribution in [0.5, 0.6) is 5.75 Å². The molecule has 13 heteroatoms. The number of anilines is 1. The predicted octanol–water partition coefficient (Wildman–Crippen LogP) is 5.40. The summed E-state index contributed by atoms with van der Waals surface area (Å²) < 4.78 is 35.2. The molecule has 1 heterocycles. The van der Waals surface area contributed by atoms with E-state index in [1.807, 2.05) is 24.3 Å². The Balaban J connectivity index is 0.00000242. The minimum absolute atomic E-state index is 0. The summed E-state index contributed by atoms with van der Waals surface area (Å²) >= 11 is 0. The molecule has 0 bridgehead atoms. The zero-order chi connectivity index (χ0) is 28.3. The van der Waals surface area contributed by atoms with Crippen molar-refractivity contribution in [2.75, 3.05) is 17.4 Å². The van der Waals surface area contributed by atoms with E-state index in [2.05, 4.69) is 5.32 Å². The highest BCUT2D eigenvalue weighted by atomic mass is 35.5. The van der Waals surface area contributed by atoms with Crippen LogP contribution in [0.3, 0.4) is 0 Å². The van der Waals surface area contributed by atoms with Crippen LogP contribution in [0.2, 0.25) is 0 Å². The van der Waals surface area contributed by atoms with E-state index in [4.69, 9.17) is 15.9 Å². The van der Waals surface area contributed by atoms with E-state index in [0.717, 1.165) is 36.7 Å². The summed E-state index contributed by atoms with van der Waals surface area (Å²) in [4.78, 5) is 10.5. The van der Waals surface area contributed by atoms with Crippen LogP contribution in [-0.2, 0) is 16.6 Å². The van der Waals surface area contributed by atoms with Gasteiger partial charge in [-0.05, 0) is 90.8 Å². The van der Waals surface area contributed by atoms with E-state index < -0.39 is 14.9 Å². The highest BCUT2D eigenvalue weighted by Gasteiger charge is 2.26. The number of piperidine rings is 1. The Kier molecular flexibility index (Phi) is 10.7. The lowest BCUT2D eigenvalue weighted by molar-refractivity contribution is -0.384. The normalized spacial score (nSPS) is 13.4. The molecule has 1 fully saturated rings. The van der Waals surface area contributed by atoms with E-state index >= 15 is 0 Å². The number of hydrogen-bond acceptors (Lipinski definition) is 7. The van der Waals surface area contributed by atoms with Crippen molar-refractivity contribution in [2.24, 2.45) is 5.73 Å². The van der Waals surface area contributed by atoms with Crippen molar-refractivity contribution in [3.8, 4) is 5.75 Å². The second-order valence-corrected chi connectivity index (χ2v) is 11.5. The van der Waals surface area contributed by atoms with Crippen molar-refractivity contribution >= 4 is 62.8 Å². The Bertz CT molecular complexity index is 1660. The quantitative estimate of drug-likeness (QED) is 0.0967. The number of nitro benzene ring substituents is 1. The third-order valence-corrected chi connectivity index (χ3v) is 8.68. The number of non-ortho nitro benzene ring substituents is 1. The lowest BCUT2D eigenvalue weighted by Crippen LogP contribution is -2.34. The Morgan fingerprint density at radius 3 is 2.21 bits per heavy atom. The van der Waals surface area contributed by atoms with Crippen LogP contribution in [0, 0.1) is 15.5 Å². The molecule has 222 valence electrons. The lowest BCUT2D eigenvalue weighted by atomic mass is 10.0. The van der Waals surface area contributed by atoms with Gasteiger partial charge in [-0.1, -0.05) is 24.3 Å². The summed E-state index contributed by atoms with van der Waals surface area (Å²) in [6.45, 7) is 1.79. The molecule has 4 aromatic rings. The van der Waals surface area contributed by atoms with Crippen molar-refractivity contribution in [3.63, 3.8) is 0 Å². The standard InChI is InChI=1S/C29H29N5O5S.2ClH/c30-29(31)22-4-3-21-2-1-20(17-23(21)18-22)19-33(40(37,38)28-11-7-25(8-12-28)34(35)36)24-5-9-26(10-6-24)39-27-13-15-32-16-14-27;;/h1-12,17-18,27,32H,13-16,19H2,(H3,30,31);2*1H. The van der Waals surface area contributed by atoms with Crippen molar-refractivity contribution in [2.45, 2.75) is 30.4 Å². The molecule has 4 N–H and O–H groups in total. The first kappa shape index (κ1) is 32.6. The van der Waals surface area contributed by atoms with E-state index in [-0.39, 0.29) is 53.9 Å². The monoisotopic (exact) mass is 631 g/mol. The van der Waals surface area contributed by atoms with Crippen LogP contribution >= 0.6 is 24.8 Å². The Morgan fingerprint density at radius 2 is 1.60 bits per heavy atom. The van der Waals surface area contributed by atoms with Gasteiger partial charge >= 0.3 is 0 Å². The van der Waals surface area contributed by atoms with Gasteiger partial charge in [-0.2, -0.15) is 0 Å². The number of rotatable bonds is 9. The molecule has 0 aliphatic carbocycles. The molecule has 0 aromatic heterocycles. The van der Waals surface area contributed by atoms with Gasteiger partial charge in [0.05, 0.1) is 22.1 Å². The molecule has 0 unspecified atom stereocenters.